The molecule has 1 N–H and O–H groups in total. The summed E-state index contributed by atoms with van der Waals surface area (Å²) in [6.07, 6.45) is 0.477. The van der Waals surface area contributed by atoms with Crippen molar-refractivity contribution in [1.29, 1.82) is 0 Å². The van der Waals surface area contributed by atoms with Crippen molar-refractivity contribution < 1.29 is 9.21 Å². The van der Waals surface area contributed by atoms with Crippen LogP contribution < -0.4 is 5.32 Å². The number of halogens is 1. The lowest BCUT2D eigenvalue weighted by molar-refractivity contribution is 0.0953. The zero-order valence-corrected chi connectivity index (χ0v) is 13.0. The van der Waals surface area contributed by atoms with Gasteiger partial charge in [-0.3, -0.25) is 4.79 Å². The van der Waals surface area contributed by atoms with Crippen LogP contribution in [0.25, 0.3) is 10.8 Å². The molecule has 0 aliphatic heterocycles. The molecule has 0 unspecified atom stereocenters. The quantitative estimate of drug-likeness (QED) is 0.776. The van der Waals surface area contributed by atoms with Crippen molar-refractivity contribution in [3.05, 3.63) is 58.3 Å². The maximum atomic E-state index is 11.9. The van der Waals surface area contributed by atoms with Gasteiger partial charge in [0.25, 0.3) is 11.8 Å². The molecule has 7 heteroatoms. The summed E-state index contributed by atoms with van der Waals surface area (Å²) in [7, 11) is 0. The van der Waals surface area contributed by atoms with Crippen molar-refractivity contribution in [2.75, 3.05) is 6.54 Å². The van der Waals surface area contributed by atoms with Gasteiger partial charge in [-0.2, -0.15) is 0 Å². The first-order chi connectivity index (χ1) is 10.7. The average molecular weight is 334 g/mol. The molecule has 3 rings (SSSR count). The van der Waals surface area contributed by atoms with Gasteiger partial charge in [-0.25, -0.2) is 0 Å². The second-order valence-corrected chi connectivity index (χ2v) is 5.88. The molecule has 1 aromatic carbocycles. The highest BCUT2D eigenvalue weighted by Crippen LogP contribution is 2.22. The Labute approximate surface area is 135 Å². The second kappa shape index (κ2) is 6.72. The molecule has 0 fully saturated rings. The normalized spacial score (nSPS) is 10.6. The van der Waals surface area contributed by atoms with Gasteiger partial charge >= 0.3 is 0 Å². The highest BCUT2D eigenvalue weighted by atomic mass is 35.5. The van der Waals surface area contributed by atoms with Gasteiger partial charge in [-0.15, -0.1) is 21.5 Å². The summed E-state index contributed by atoms with van der Waals surface area (Å²) in [5.41, 5.74) is 0.525. The molecule has 3 aromatic rings. The van der Waals surface area contributed by atoms with Crippen LogP contribution in [-0.2, 0) is 6.42 Å². The van der Waals surface area contributed by atoms with Crippen molar-refractivity contribution in [2.24, 2.45) is 0 Å². The van der Waals surface area contributed by atoms with E-state index in [-0.39, 0.29) is 5.91 Å². The highest BCUT2D eigenvalue weighted by Gasteiger charge is 2.10. The molecule has 112 valence electrons. The Morgan fingerprint density at radius 3 is 2.95 bits per heavy atom. The van der Waals surface area contributed by atoms with E-state index in [2.05, 4.69) is 15.5 Å². The largest absolute Gasteiger partial charge is 0.420 e. The summed E-state index contributed by atoms with van der Waals surface area (Å²) in [6, 6.07) is 10.6. The minimum atomic E-state index is -0.180. The maximum absolute atomic E-state index is 11.9. The molecule has 0 saturated carbocycles. The summed E-state index contributed by atoms with van der Waals surface area (Å²) in [4.78, 5) is 12.9. The lowest BCUT2D eigenvalue weighted by atomic mass is 10.2. The van der Waals surface area contributed by atoms with Gasteiger partial charge in [-0.05, 0) is 29.6 Å². The van der Waals surface area contributed by atoms with Crippen LogP contribution in [0.3, 0.4) is 0 Å². The fraction of sp³-hybridized carbons (Fsp3) is 0.133. The van der Waals surface area contributed by atoms with Crippen LogP contribution in [0.1, 0.15) is 16.2 Å². The smallest absolute Gasteiger partial charge is 0.257 e. The van der Waals surface area contributed by atoms with Crippen LogP contribution in [0.15, 0.2) is 46.2 Å². The van der Waals surface area contributed by atoms with Crippen molar-refractivity contribution in [3.8, 4) is 10.8 Å². The molecule has 1 amide bonds. The van der Waals surface area contributed by atoms with E-state index in [9.17, 15) is 4.79 Å². The van der Waals surface area contributed by atoms with E-state index in [0.717, 1.165) is 4.88 Å². The van der Waals surface area contributed by atoms with Gasteiger partial charge in [0.2, 0.25) is 5.89 Å². The minimum absolute atomic E-state index is 0.180. The lowest BCUT2D eigenvalue weighted by Gasteiger charge is -2.03. The first-order valence-electron chi connectivity index (χ1n) is 6.62. The number of carbonyl (C=O) groups excluding carboxylic acids is 1. The van der Waals surface area contributed by atoms with Gasteiger partial charge in [0.1, 0.15) is 0 Å². The van der Waals surface area contributed by atoms with Crippen molar-refractivity contribution in [3.63, 3.8) is 0 Å². The van der Waals surface area contributed by atoms with Crippen LogP contribution in [0.2, 0.25) is 5.02 Å². The minimum Gasteiger partial charge on any atom is -0.420 e. The third-order valence-corrected chi connectivity index (χ3v) is 4.00. The van der Waals surface area contributed by atoms with Gasteiger partial charge in [-0.1, -0.05) is 23.7 Å². The second-order valence-electron chi connectivity index (χ2n) is 4.49. The zero-order chi connectivity index (χ0) is 15.4. The molecule has 0 radical (unpaired) electrons. The molecule has 22 heavy (non-hydrogen) atoms. The molecule has 0 spiro atoms. The van der Waals surface area contributed by atoms with E-state index in [1.807, 2.05) is 17.5 Å². The molecule has 5 nitrogen and oxygen atoms in total. The van der Waals surface area contributed by atoms with E-state index < -0.39 is 0 Å². The molecular formula is C15H12ClN3O2S. The Balaban J connectivity index is 1.54. The van der Waals surface area contributed by atoms with Crippen LogP contribution >= 0.6 is 22.9 Å². The Morgan fingerprint density at radius 1 is 1.27 bits per heavy atom. The Bertz CT molecular complexity index is 771. The predicted octanol–water partition coefficient (Wildman–Crippen LogP) is 3.42. The van der Waals surface area contributed by atoms with E-state index in [4.69, 9.17) is 16.0 Å². The number of aromatic nitrogens is 2. The van der Waals surface area contributed by atoms with Crippen molar-refractivity contribution in [2.45, 2.75) is 6.42 Å². The zero-order valence-electron chi connectivity index (χ0n) is 11.5. The van der Waals surface area contributed by atoms with Crippen molar-refractivity contribution >= 4 is 28.8 Å². The Kier molecular flexibility index (Phi) is 4.50. The molecule has 0 aliphatic carbocycles. The summed E-state index contributed by atoms with van der Waals surface area (Å²) >= 11 is 7.40. The first-order valence-corrected chi connectivity index (χ1v) is 7.88. The Hall–Kier alpha value is -2.18. The van der Waals surface area contributed by atoms with Gasteiger partial charge in [0.05, 0.1) is 4.88 Å². The molecule has 0 atom stereocenters. The summed E-state index contributed by atoms with van der Waals surface area (Å²) in [6.45, 7) is 0.414. The van der Waals surface area contributed by atoms with E-state index in [1.54, 1.807) is 24.3 Å². The number of thiophene rings is 1. The van der Waals surface area contributed by atoms with Gasteiger partial charge < -0.3 is 9.73 Å². The fourth-order valence-electron chi connectivity index (χ4n) is 1.87. The third kappa shape index (κ3) is 3.52. The molecule has 2 aromatic heterocycles. The number of hydrogen-bond donors (Lipinski definition) is 1. The first kappa shape index (κ1) is 14.7. The number of nitrogens with zero attached hydrogens (tertiary/aromatic N) is 2. The number of hydrogen-bond acceptors (Lipinski definition) is 5. The molecular weight excluding hydrogens is 322 g/mol. The van der Waals surface area contributed by atoms with Crippen LogP contribution in [-0.4, -0.2) is 22.6 Å². The monoisotopic (exact) mass is 333 g/mol. The van der Waals surface area contributed by atoms with Gasteiger partial charge in [0.15, 0.2) is 0 Å². The molecule has 2 heterocycles. The van der Waals surface area contributed by atoms with Crippen LogP contribution in [0.5, 0.6) is 0 Å². The van der Waals surface area contributed by atoms with E-state index in [1.165, 1.54) is 11.3 Å². The van der Waals surface area contributed by atoms with Crippen LogP contribution in [0, 0.1) is 0 Å². The number of carbonyl (C=O) groups is 1. The maximum Gasteiger partial charge on any atom is 0.257 e. The lowest BCUT2D eigenvalue weighted by Crippen LogP contribution is -2.25. The fourth-order valence-corrected chi connectivity index (χ4v) is 2.70. The SMILES string of the molecule is O=C(NCCc1nnc(-c2cccs2)o1)c1cccc(Cl)c1. The standard InChI is InChI=1S/C15H12ClN3O2S/c16-11-4-1-3-10(9-11)14(20)17-7-6-13-18-19-15(21-13)12-5-2-8-22-12/h1-5,8-9H,6-7H2,(H,17,20). The highest BCUT2D eigenvalue weighted by molar-refractivity contribution is 7.13. The number of amides is 1. The molecule has 0 aliphatic rings. The van der Waals surface area contributed by atoms with Crippen LogP contribution in [0.4, 0.5) is 0 Å². The number of rotatable bonds is 5. The van der Waals surface area contributed by atoms with E-state index in [0.29, 0.717) is 35.3 Å². The summed E-state index contributed by atoms with van der Waals surface area (Å²) < 4.78 is 5.55. The van der Waals surface area contributed by atoms with E-state index >= 15 is 0 Å². The van der Waals surface area contributed by atoms with Crippen molar-refractivity contribution in [1.82, 2.24) is 15.5 Å². The van der Waals surface area contributed by atoms with Gasteiger partial charge in [0, 0.05) is 23.6 Å². The Morgan fingerprint density at radius 2 is 2.18 bits per heavy atom. The third-order valence-electron chi connectivity index (χ3n) is 2.91. The summed E-state index contributed by atoms with van der Waals surface area (Å²) in [5.74, 6) is 0.821. The molecule has 0 bridgehead atoms. The molecule has 0 saturated heterocycles. The number of benzene rings is 1. The topological polar surface area (TPSA) is 68.0 Å². The predicted molar refractivity (Wildman–Crippen MR) is 85.1 cm³/mol. The summed E-state index contributed by atoms with van der Waals surface area (Å²) in [5, 5.41) is 13.2. The number of nitrogens with one attached hydrogen (secondary N) is 1. The average Bonchev–Trinajstić information content (AvgIpc) is 3.18.